The molecule has 0 heterocycles. The highest BCUT2D eigenvalue weighted by atomic mass is 35.5. The first kappa shape index (κ1) is 8.80. The molecule has 1 aromatic rings. The second-order valence-corrected chi connectivity index (χ2v) is 2.57. The van der Waals surface area contributed by atoms with Gasteiger partial charge in [-0.15, -0.1) is 0 Å². The highest BCUT2D eigenvalue weighted by Gasteiger charge is 2.13. The highest BCUT2D eigenvalue weighted by molar-refractivity contribution is 6.33. The number of nitrogens with two attached hydrogens (primary N) is 2. The van der Waals surface area contributed by atoms with Gasteiger partial charge in [0.15, 0.2) is 5.82 Å². The van der Waals surface area contributed by atoms with Gasteiger partial charge in [0.05, 0.1) is 11.3 Å². The molecule has 0 radical (unpaired) electrons. The zero-order chi connectivity index (χ0) is 9.30. The van der Waals surface area contributed by atoms with Crippen molar-refractivity contribution < 1.29 is 9.18 Å². The smallest absolute Gasteiger partial charge is 0.251 e. The van der Waals surface area contributed by atoms with Gasteiger partial charge in [0.2, 0.25) is 0 Å². The number of hydrogen-bond acceptors (Lipinski definition) is 2. The van der Waals surface area contributed by atoms with Crippen molar-refractivity contribution in [2.24, 2.45) is 5.73 Å². The Morgan fingerprint density at radius 1 is 1.50 bits per heavy atom. The molecule has 5 heteroatoms. The summed E-state index contributed by atoms with van der Waals surface area (Å²) >= 11 is 5.42. The van der Waals surface area contributed by atoms with Gasteiger partial charge in [-0.3, -0.25) is 4.79 Å². The third kappa shape index (κ3) is 1.33. The third-order valence-corrected chi connectivity index (χ3v) is 1.76. The van der Waals surface area contributed by atoms with Gasteiger partial charge < -0.3 is 11.5 Å². The zero-order valence-corrected chi connectivity index (χ0v) is 6.73. The molecule has 0 aromatic heterocycles. The van der Waals surface area contributed by atoms with Gasteiger partial charge in [0.1, 0.15) is 5.02 Å². The monoisotopic (exact) mass is 188 g/mol. The van der Waals surface area contributed by atoms with Crippen molar-refractivity contribution in [1.82, 2.24) is 0 Å². The molecule has 0 fully saturated rings. The van der Waals surface area contributed by atoms with Crippen LogP contribution in [0.25, 0.3) is 0 Å². The van der Waals surface area contributed by atoms with Gasteiger partial charge >= 0.3 is 0 Å². The van der Waals surface area contributed by atoms with Gasteiger partial charge in [-0.1, -0.05) is 11.6 Å². The van der Waals surface area contributed by atoms with Gasteiger partial charge in [0, 0.05) is 0 Å². The Morgan fingerprint density at radius 2 is 2.08 bits per heavy atom. The number of anilines is 1. The first-order chi connectivity index (χ1) is 5.54. The summed E-state index contributed by atoms with van der Waals surface area (Å²) in [6, 6.07) is 2.52. The standard InChI is InChI=1S/C7H6ClFN2O/c8-5-4(10)2-1-3(6(5)9)7(11)12/h1-2H,10H2,(H2,11,12). The molecule has 12 heavy (non-hydrogen) atoms. The first-order valence-corrected chi connectivity index (χ1v) is 3.45. The molecule has 0 saturated carbocycles. The van der Waals surface area contributed by atoms with Crippen LogP contribution in [-0.4, -0.2) is 5.91 Å². The Bertz CT molecular complexity index is 340. The number of halogens is 2. The topological polar surface area (TPSA) is 69.1 Å². The molecule has 1 rings (SSSR count). The molecule has 0 unspecified atom stereocenters. The maximum Gasteiger partial charge on any atom is 0.251 e. The lowest BCUT2D eigenvalue weighted by Crippen LogP contribution is -2.13. The van der Waals surface area contributed by atoms with E-state index in [2.05, 4.69) is 0 Å². The number of carbonyl (C=O) groups is 1. The Kier molecular flexibility index (Phi) is 2.19. The van der Waals surface area contributed by atoms with Crippen molar-refractivity contribution >= 4 is 23.2 Å². The lowest BCUT2D eigenvalue weighted by Gasteiger charge is -2.02. The maximum absolute atomic E-state index is 13.0. The largest absolute Gasteiger partial charge is 0.397 e. The number of rotatable bonds is 1. The molecule has 0 saturated heterocycles. The van der Waals surface area contributed by atoms with Gasteiger partial charge in [0.25, 0.3) is 5.91 Å². The number of benzene rings is 1. The lowest BCUT2D eigenvalue weighted by atomic mass is 10.2. The van der Waals surface area contributed by atoms with Gasteiger partial charge in [-0.2, -0.15) is 0 Å². The van der Waals surface area contributed by atoms with E-state index in [4.69, 9.17) is 23.1 Å². The fourth-order valence-corrected chi connectivity index (χ4v) is 0.919. The molecule has 0 aliphatic carbocycles. The molecule has 3 nitrogen and oxygen atoms in total. The van der Waals surface area contributed by atoms with E-state index >= 15 is 0 Å². The third-order valence-electron chi connectivity index (χ3n) is 1.38. The molecule has 0 spiro atoms. The molecule has 4 N–H and O–H groups in total. The van der Waals surface area contributed by atoms with Crippen LogP contribution in [0.2, 0.25) is 5.02 Å². The lowest BCUT2D eigenvalue weighted by molar-refractivity contribution is 0.0996. The number of amides is 1. The predicted octanol–water partition coefficient (Wildman–Crippen LogP) is 1.16. The SMILES string of the molecule is NC(=O)c1ccc(N)c(Cl)c1F. The fourth-order valence-electron chi connectivity index (χ4n) is 0.755. The van der Waals surface area contributed by atoms with Crippen LogP contribution >= 0.6 is 11.6 Å². The average Bonchev–Trinajstić information content (AvgIpc) is 2.00. The molecule has 64 valence electrons. The van der Waals surface area contributed by atoms with Crippen molar-refractivity contribution in [2.45, 2.75) is 0 Å². The summed E-state index contributed by atoms with van der Waals surface area (Å²) in [6.45, 7) is 0. The van der Waals surface area contributed by atoms with Crippen LogP contribution in [0.5, 0.6) is 0 Å². The van der Waals surface area contributed by atoms with Crippen LogP contribution in [0.1, 0.15) is 10.4 Å². The predicted molar refractivity (Wildman–Crippen MR) is 44.3 cm³/mol. The van der Waals surface area contributed by atoms with Crippen molar-refractivity contribution in [1.29, 1.82) is 0 Å². The molecule has 0 aliphatic heterocycles. The fraction of sp³-hybridized carbons (Fsp3) is 0. The first-order valence-electron chi connectivity index (χ1n) is 3.07. The molecular weight excluding hydrogens is 183 g/mol. The number of primary amides is 1. The molecule has 0 bridgehead atoms. The molecule has 0 atom stereocenters. The summed E-state index contributed by atoms with van der Waals surface area (Å²) in [5.74, 6) is -1.74. The number of nitrogen functional groups attached to an aromatic ring is 1. The van der Waals surface area contributed by atoms with Crippen molar-refractivity contribution in [3.05, 3.63) is 28.5 Å². The Hall–Kier alpha value is -1.29. The summed E-state index contributed by atoms with van der Waals surface area (Å²) in [6.07, 6.45) is 0. The maximum atomic E-state index is 13.0. The van der Waals surface area contributed by atoms with Gasteiger partial charge in [-0.25, -0.2) is 4.39 Å². The Morgan fingerprint density at radius 3 is 2.58 bits per heavy atom. The minimum atomic E-state index is -0.871. The number of carbonyl (C=O) groups excluding carboxylic acids is 1. The van der Waals surface area contributed by atoms with Gasteiger partial charge in [-0.05, 0) is 12.1 Å². The molecule has 1 aromatic carbocycles. The van der Waals surface area contributed by atoms with Crippen LogP contribution in [-0.2, 0) is 0 Å². The minimum Gasteiger partial charge on any atom is -0.397 e. The van der Waals surface area contributed by atoms with Crippen LogP contribution in [0.15, 0.2) is 12.1 Å². The van der Waals surface area contributed by atoms with Crippen molar-refractivity contribution in [3.8, 4) is 0 Å². The molecule has 1 amide bonds. The second-order valence-electron chi connectivity index (χ2n) is 2.19. The van der Waals surface area contributed by atoms with E-state index in [1.165, 1.54) is 12.1 Å². The second kappa shape index (κ2) is 2.98. The summed E-state index contributed by atoms with van der Waals surface area (Å²) in [4.78, 5) is 10.6. The van der Waals surface area contributed by atoms with Crippen LogP contribution in [0.3, 0.4) is 0 Å². The van der Waals surface area contributed by atoms with E-state index in [1.54, 1.807) is 0 Å². The normalized spacial score (nSPS) is 9.83. The van der Waals surface area contributed by atoms with E-state index in [0.29, 0.717) is 0 Å². The van der Waals surface area contributed by atoms with Crippen molar-refractivity contribution in [3.63, 3.8) is 0 Å². The van der Waals surface area contributed by atoms with Crippen LogP contribution in [0.4, 0.5) is 10.1 Å². The minimum absolute atomic E-state index is 0.0826. The van der Waals surface area contributed by atoms with Crippen LogP contribution in [0, 0.1) is 5.82 Å². The highest BCUT2D eigenvalue weighted by Crippen LogP contribution is 2.24. The van der Waals surface area contributed by atoms with E-state index in [-0.39, 0.29) is 16.3 Å². The summed E-state index contributed by atoms with van der Waals surface area (Å²) in [7, 11) is 0. The van der Waals surface area contributed by atoms with E-state index in [9.17, 15) is 9.18 Å². The zero-order valence-electron chi connectivity index (χ0n) is 5.97. The Balaban J connectivity index is 3.36. The average molecular weight is 189 g/mol. The van der Waals surface area contributed by atoms with Crippen molar-refractivity contribution in [2.75, 3.05) is 5.73 Å². The quantitative estimate of drug-likeness (QED) is 0.650. The number of hydrogen-bond donors (Lipinski definition) is 2. The molecule has 0 aliphatic rings. The summed E-state index contributed by atoms with van der Waals surface area (Å²) < 4.78 is 13.0. The van der Waals surface area contributed by atoms with Crippen LogP contribution < -0.4 is 11.5 Å². The molecular formula is C7H6ClFN2O. The van der Waals surface area contributed by atoms with E-state index in [1.807, 2.05) is 0 Å². The summed E-state index contributed by atoms with van der Waals surface area (Å²) in [5.41, 5.74) is 9.95. The Labute approximate surface area is 73.1 Å². The van der Waals surface area contributed by atoms with E-state index in [0.717, 1.165) is 0 Å². The van der Waals surface area contributed by atoms with E-state index < -0.39 is 11.7 Å². The summed E-state index contributed by atoms with van der Waals surface area (Å²) in [5, 5.41) is -0.272.